The molecule has 1 unspecified atom stereocenters. The van der Waals surface area contributed by atoms with Crippen molar-refractivity contribution in [1.29, 1.82) is 0 Å². The number of nitrogens with one attached hydrogen (secondary N) is 2. The Morgan fingerprint density at radius 2 is 2.28 bits per heavy atom. The maximum atomic E-state index is 13.6. The molecule has 5 heteroatoms. The number of halogens is 1. The third kappa shape index (κ3) is 3.82. The van der Waals surface area contributed by atoms with Crippen molar-refractivity contribution in [3.63, 3.8) is 0 Å². The topological polar surface area (TPSA) is 49.8 Å². The smallest absolute Gasteiger partial charge is 0.224 e. The third-order valence-electron chi connectivity index (χ3n) is 3.04. The van der Waals surface area contributed by atoms with E-state index < -0.39 is 0 Å². The molecular weight excluding hydrogens is 231 g/mol. The largest absolute Gasteiger partial charge is 0.365 e. The molecule has 1 heterocycles. The summed E-state index contributed by atoms with van der Waals surface area (Å²) in [7, 11) is 0. The van der Waals surface area contributed by atoms with E-state index in [1.807, 2.05) is 0 Å². The van der Waals surface area contributed by atoms with Crippen molar-refractivity contribution in [2.45, 2.75) is 45.6 Å². The van der Waals surface area contributed by atoms with E-state index in [-0.39, 0.29) is 11.9 Å². The van der Waals surface area contributed by atoms with Gasteiger partial charge in [-0.15, -0.1) is 0 Å². The van der Waals surface area contributed by atoms with Crippen molar-refractivity contribution in [1.82, 2.24) is 9.97 Å². The summed E-state index contributed by atoms with van der Waals surface area (Å²) in [6.45, 7) is 4.93. The van der Waals surface area contributed by atoms with Gasteiger partial charge >= 0.3 is 0 Å². The van der Waals surface area contributed by atoms with E-state index in [1.165, 1.54) is 19.0 Å². The first-order valence-electron chi connectivity index (χ1n) is 6.72. The van der Waals surface area contributed by atoms with Crippen LogP contribution < -0.4 is 10.6 Å². The van der Waals surface area contributed by atoms with Gasteiger partial charge in [0, 0.05) is 12.6 Å². The monoisotopic (exact) mass is 252 g/mol. The Labute approximate surface area is 107 Å². The highest BCUT2D eigenvalue weighted by Gasteiger charge is 2.24. The molecule has 0 amide bonds. The summed E-state index contributed by atoms with van der Waals surface area (Å²) < 4.78 is 13.6. The van der Waals surface area contributed by atoms with Crippen LogP contribution in [0.2, 0.25) is 0 Å². The highest BCUT2D eigenvalue weighted by Crippen LogP contribution is 2.34. The molecule has 1 aliphatic carbocycles. The first kappa shape index (κ1) is 13.1. The minimum Gasteiger partial charge on any atom is -0.365 e. The van der Waals surface area contributed by atoms with Gasteiger partial charge in [-0.3, -0.25) is 0 Å². The predicted octanol–water partition coefficient (Wildman–Crippen LogP) is 3.04. The fraction of sp³-hybridized carbons (Fsp3) is 0.692. The van der Waals surface area contributed by atoms with Crippen LogP contribution in [-0.4, -0.2) is 22.6 Å². The predicted molar refractivity (Wildman–Crippen MR) is 71.2 cm³/mol. The molecule has 4 nitrogen and oxygen atoms in total. The number of nitrogens with zero attached hydrogens (tertiary/aromatic N) is 2. The molecule has 1 aromatic heterocycles. The molecule has 1 saturated carbocycles. The molecule has 0 radical (unpaired) electrons. The van der Waals surface area contributed by atoms with E-state index >= 15 is 0 Å². The third-order valence-corrected chi connectivity index (χ3v) is 3.04. The number of anilines is 2. The van der Waals surface area contributed by atoms with Gasteiger partial charge in [0.2, 0.25) is 5.95 Å². The van der Waals surface area contributed by atoms with Gasteiger partial charge in [-0.2, -0.15) is 4.98 Å². The Morgan fingerprint density at radius 1 is 1.50 bits per heavy atom. The lowest BCUT2D eigenvalue weighted by atomic mass is 10.1. The highest BCUT2D eigenvalue weighted by atomic mass is 19.1. The number of aromatic nitrogens is 2. The van der Waals surface area contributed by atoms with Gasteiger partial charge in [0.25, 0.3) is 0 Å². The molecule has 18 heavy (non-hydrogen) atoms. The van der Waals surface area contributed by atoms with Gasteiger partial charge in [-0.25, -0.2) is 9.37 Å². The lowest BCUT2D eigenvalue weighted by Crippen LogP contribution is -2.18. The summed E-state index contributed by atoms with van der Waals surface area (Å²) in [6.07, 6.45) is 5.91. The molecule has 1 fully saturated rings. The van der Waals surface area contributed by atoms with Crippen molar-refractivity contribution in [3.8, 4) is 0 Å². The van der Waals surface area contributed by atoms with Gasteiger partial charge in [0.1, 0.15) is 0 Å². The quantitative estimate of drug-likeness (QED) is 0.783. The van der Waals surface area contributed by atoms with Crippen LogP contribution in [0.3, 0.4) is 0 Å². The number of rotatable bonds is 7. The zero-order chi connectivity index (χ0) is 13.0. The van der Waals surface area contributed by atoms with Crippen LogP contribution >= 0.6 is 0 Å². The van der Waals surface area contributed by atoms with Gasteiger partial charge in [-0.1, -0.05) is 19.8 Å². The molecule has 1 aliphatic rings. The van der Waals surface area contributed by atoms with Crippen LogP contribution in [0.4, 0.5) is 16.2 Å². The van der Waals surface area contributed by atoms with Crippen LogP contribution in [-0.2, 0) is 0 Å². The summed E-state index contributed by atoms with van der Waals surface area (Å²) in [5.74, 6) is 1.21. The van der Waals surface area contributed by atoms with Gasteiger partial charge < -0.3 is 10.6 Å². The van der Waals surface area contributed by atoms with E-state index in [2.05, 4.69) is 34.4 Å². The molecule has 0 aliphatic heterocycles. The van der Waals surface area contributed by atoms with Crippen LogP contribution in [0.15, 0.2) is 6.20 Å². The van der Waals surface area contributed by atoms with Crippen LogP contribution in [0.5, 0.6) is 0 Å². The van der Waals surface area contributed by atoms with Crippen molar-refractivity contribution < 1.29 is 4.39 Å². The SMILES string of the molecule is CCCNc1ncc(F)c(NC(C)CC2CC2)n1. The summed E-state index contributed by atoms with van der Waals surface area (Å²) >= 11 is 0. The van der Waals surface area contributed by atoms with Crippen molar-refractivity contribution in [2.24, 2.45) is 5.92 Å². The molecule has 100 valence electrons. The van der Waals surface area contributed by atoms with E-state index in [0.717, 1.165) is 25.3 Å². The summed E-state index contributed by atoms with van der Waals surface area (Å²) in [5, 5.41) is 6.19. The summed E-state index contributed by atoms with van der Waals surface area (Å²) in [4.78, 5) is 8.09. The highest BCUT2D eigenvalue weighted by molar-refractivity contribution is 5.41. The molecule has 0 aromatic carbocycles. The number of hydrogen-bond donors (Lipinski definition) is 2. The van der Waals surface area contributed by atoms with Crippen molar-refractivity contribution in [3.05, 3.63) is 12.0 Å². The maximum absolute atomic E-state index is 13.6. The number of hydrogen-bond acceptors (Lipinski definition) is 4. The van der Waals surface area contributed by atoms with Crippen LogP contribution in [0, 0.1) is 11.7 Å². The van der Waals surface area contributed by atoms with E-state index in [4.69, 9.17) is 0 Å². The molecule has 2 N–H and O–H groups in total. The molecular formula is C13H21FN4. The second-order valence-corrected chi connectivity index (χ2v) is 5.04. The molecule has 0 saturated heterocycles. The Bertz CT molecular complexity index is 393. The second-order valence-electron chi connectivity index (χ2n) is 5.04. The Kier molecular flexibility index (Phi) is 4.33. The van der Waals surface area contributed by atoms with Gasteiger partial charge in [0.15, 0.2) is 11.6 Å². The zero-order valence-electron chi connectivity index (χ0n) is 11.0. The van der Waals surface area contributed by atoms with E-state index in [0.29, 0.717) is 11.8 Å². The Hall–Kier alpha value is -1.39. The average molecular weight is 252 g/mol. The minimum absolute atomic E-state index is 0.251. The first-order chi connectivity index (χ1) is 8.69. The Morgan fingerprint density at radius 3 is 2.94 bits per heavy atom. The van der Waals surface area contributed by atoms with Crippen LogP contribution in [0.25, 0.3) is 0 Å². The maximum Gasteiger partial charge on any atom is 0.224 e. The standard InChI is InChI=1S/C13H21FN4/c1-3-6-15-13-16-8-11(14)12(18-13)17-9(2)7-10-4-5-10/h8-10H,3-7H2,1-2H3,(H2,15,16,17,18). The second kappa shape index (κ2) is 5.98. The molecule has 1 atom stereocenters. The first-order valence-corrected chi connectivity index (χ1v) is 6.72. The zero-order valence-corrected chi connectivity index (χ0v) is 11.0. The van der Waals surface area contributed by atoms with E-state index in [9.17, 15) is 4.39 Å². The lowest BCUT2D eigenvalue weighted by molar-refractivity contribution is 0.598. The lowest BCUT2D eigenvalue weighted by Gasteiger charge is -2.15. The fourth-order valence-corrected chi connectivity index (χ4v) is 1.94. The molecule has 0 spiro atoms. The van der Waals surface area contributed by atoms with Crippen molar-refractivity contribution >= 4 is 11.8 Å². The van der Waals surface area contributed by atoms with E-state index in [1.54, 1.807) is 0 Å². The normalized spacial score (nSPS) is 16.4. The fourth-order valence-electron chi connectivity index (χ4n) is 1.94. The Balaban J connectivity index is 1.95. The van der Waals surface area contributed by atoms with Crippen LogP contribution in [0.1, 0.15) is 39.5 Å². The molecule has 1 aromatic rings. The summed E-state index contributed by atoms with van der Waals surface area (Å²) in [6, 6.07) is 0.251. The average Bonchev–Trinajstić information content (AvgIpc) is 3.14. The van der Waals surface area contributed by atoms with Crippen molar-refractivity contribution in [2.75, 3.05) is 17.2 Å². The van der Waals surface area contributed by atoms with Gasteiger partial charge in [0.05, 0.1) is 6.20 Å². The summed E-state index contributed by atoms with van der Waals surface area (Å²) in [5.41, 5.74) is 0. The van der Waals surface area contributed by atoms with Gasteiger partial charge in [-0.05, 0) is 25.7 Å². The molecule has 2 rings (SSSR count). The molecule has 0 bridgehead atoms. The minimum atomic E-state index is -0.389.